The molecule has 1 amide bonds. The monoisotopic (exact) mass is 202 g/mol. The highest BCUT2D eigenvalue weighted by atomic mass is 35.5. The van der Waals surface area contributed by atoms with Crippen molar-refractivity contribution in [1.82, 2.24) is 4.98 Å². The zero-order valence-corrected chi connectivity index (χ0v) is 8.27. The number of nitrogens with two attached hydrogens (primary N) is 1. The summed E-state index contributed by atoms with van der Waals surface area (Å²) >= 11 is 0. The highest BCUT2D eigenvalue weighted by Crippen LogP contribution is 2.04. The quantitative estimate of drug-likeness (QED) is 0.701. The number of nitrogens with one attached hydrogen (secondary N) is 1. The molecule has 13 heavy (non-hydrogen) atoms. The Morgan fingerprint density at radius 3 is 2.77 bits per heavy atom. The maximum absolute atomic E-state index is 10.4. The molecule has 74 valence electrons. The van der Waals surface area contributed by atoms with Crippen LogP contribution in [-0.2, 0) is 11.2 Å². The van der Waals surface area contributed by atoms with Crippen molar-refractivity contribution in [1.29, 1.82) is 0 Å². The Labute approximate surface area is 84.1 Å². The van der Waals surface area contributed by atoms with Gasteiger partial charge >= 0.3 is 0 Å². The van der Waals surface area contributed by atoms with Crippen molar-refractivity contribution in [3.05, 3.63) is 24.0 Å². The zero-order valence-electron chi connectivity index (χ0n) is 7.45. The first kappa shape index (κ1) is 12.0. The Bertz CT molecular complexity index is 234. The molecule has 0 saturated heterocycles. The molecular weight excluding hydrogens is 188 g/mol. The van der Waals surface area contributed by atoms with Gasteiger partial charge in [-0.25, -0.2) is 0 Å². The minimum absolute atomic E-state index is 0. The van der Waals surface area contributed by atoms with E-state index in [2.05, 4.69) is 4.98 Å². The van der Waals surface area contributed by atoms with E-state index < -0.39 is 0 Å². The molecule has 0 aromatic carbocycles. The molecule has 0 spiro atoms. The molecule has 0 aliphatic carbocycles. The Balaban J connectivity index is 0.00000144. The van der Waals surface area contributed by atoms with Gasteiger partial charge in [-0.1, -0.05) is 0 Å². The summed E-state index contributed by atoms with van der Waals surface area (Å²) in [6.45, 7) is 0. The van der Waals surface area contributed by atoms with Gasteiger partial charge in [-0.3, -0.25) is 4.79 Å². The fourth-order valence-corrected chi connectivity index (χ4v) is 1.14. The first-order valence-corrected chi connectivity index (χ1v) is 4.19. The highest BCUT2D eigenvalue weighted by Gasteiger charge is 1.95. The summed E-state index contributed by atoms with van der Waals surface area (Å²) in [5.74, 6) is -0.205. The van der Waals surface area contributed by atoms with Gasteiger partial charge in [0, 0.05) is 18.8 Å². The number of aryl methyl sites for hydroxylation is 1. The number of halogens is 1. The number of hydrogen-bond donors (Lipinski definition) is 2. The number of H-pyrrole nitrogens is 1. The molecule has 0 unspecified atom stereocenters. The van der Waals surface area contributed by atoms with E-state index in [4.69, 9.17) is 5.73 Å². The van der Waals surface area contributed by atoms with Crippen LogP contribution in [0.5, 0.6) is 0 Å². The Morgan fingerprint density at radius 1 is 1.46 bits per heavy atom. The number of unbranched alkanes of at least 4 members (excludes halogenated alkanes) is 1. The predicted molar refractivity (Wildman–Crippen MR) is 54.8 cm³/mol. The van der Waals surface area contributed by atoms with Gasteiger partial charge in [-0.05, 0) is 30.9 Å². The first-order valence-electron chi connectivity index (χ1n) is 4.19. The number of primary amides is 1. The third kappa shape index (κ3) is 5.31. The van der Waals surface area contributed by atoms with Gasteiger partial charge < -0.3 is 10.7 Å². The van der Waals surface area contributed by atoms with E-state index in [1.165, 1.54) is 5.56 Å². The summed E-state index contributed by atoms with van der Waals surface area (Å²) in [6, 6.07) is 2.05. The van der Waals surface area contributed by atoms with Crippen molar-refractivity contribution in [3.8, 4) is 0 Å². The Hall–Kier alpha value is -0.960. The number of amides is 1. The van der Waals surface area contributed by atoms with E-state index in [0.29, 0.717) is 6.42 Å². The van der Waals surface area contributed by atoms with Gasteiger partial charge in [0.1, 0.15) is 0 Å². The molecule has 1 aromatic rings. The summed E-state index contributed by atoms with van der Waals surface area (Å²) in [5, 5.41) is 0. The van der Waals surface area contributed by atoms with Crippen molar-refractivity contribution in [2.75, 3.05) is 0 Å². The minimum atomic E-state index is -0.205. The third-order valence-corrected chi connectivity index (χ3v) is 1.80. The van der Waals surface area contributed by atoms with Crippen LogP contribution in [0, 0.1) is 0 Å². The lowest BCUT2D eigenvalue weighted by atomic mass is 10.1. The Morgan fingerprint density at radius 2 is 2.23 bits per heavy atom. The third-order valence-electron chi connectivity index (χ3n) is 1.80. The summed E-state index contributed by atoms with van der Waals surface area (Å²) in [7, 11) is 0. The molecule has 0 saturated carbocycles. The lowest BCUT2D eigenvalue weighted by Gasteiger charge is -1.95. The summed E-state index contributed by atoms with van der Waals surface area (Å²) in [4.78, 5) is 13.4. The van der Waals surface area contributed by atoms with Crippen LogP contribution >= 0.6 is 12.4 Å². The van der Waals surface area contributed by atoms with E-state index in [9.17, 15) is 4.79 Å². The van der Waals surface area contributed by atoms with Gasteiger partial charge in [0.15, 0.2) is 0 Å². The second-order valence-electron chi connectivity index (χ2n) is 2.89. The summed E-state index contributed by atoms with van der Waals surface area (Å²) in [5.41, 5.74) is 6.30. The molecule has 0 aliphatic rings. The van der Waals surface area contributed by atoms with E-state index >= 15 is 0 Å². The minimum Gasteiger partial charge on any atom is -0.370 e. The lowest BCUT2D eigenvalue weighted by molar-refractivity contribution is -0.118. The number of aromatic amines is 1. The van der Waals surface area contributed by atoms with Crippen LogP contribution in [0.2, 0.25) is 0 Å². The van der Waals surface area contributed by atoms with Crippen molar-refractivity contribution in [2.45, 2.75) is 25.7 Å². The smallest absolute Gasteiger partial charge is 0.217 e. The van der Waals surface area contributed by atoms with Crippen molar-refractivity contribution in [3.63, 3.8) is 0 Å². The molecule has 0 radical (unpaired) electrons. The molecule has 1 heterocycles. The molecule has 0 aliphatic heterocycles. The van der Waals surface area contributed by atoms with Crippen LogP contribution in [0.3, 0.4) is 0 Å². The van der Waals surface area contributed by atoms with E-state index in [-0.39, 0.29) is 18.3 Å². The number of hydrogen-bond acceptors (Lipinski definition) is 1. The molecular formula is C9H15ClN2O. The van der Waals surface area contributed by atoms with E-state index in [0.717, 1.165) is 19.3 Å². The summed E-state index contributed by atoms with van der Waals surface area (Å²) in [6.07, 6.45) is 7.33. The average Bonchev–Trinajstić information content (AvgIpc) is 2.49. The van der Waals surface area contributed by atoms with Crippen LogP contribution in [0.1, 0.15) is 24.8 Å². The molecule has 1 rings (SSSR count). The van der Waals surface area contributed by atoms with Crippen LogP contribution in [-0.4, -0.2) is 10.9 Å². The topological polar surface area (TPSA) is 58.9 Å². The van der Waals surface area contributed by atoms with Crippen LogP contribution in [0.15, 0.2) is 18.5 Å². The maximum atomic E-state index is 10.4. The fourth-order valence-electron chi connectivity index (χ4n) is 1.14. The lowest BCUT2D eigenvalue weighted by Crippen LogP contribution is -2.09. The second-order valence-corrected chi connectivity index (χ2v) is 2.89. The Kier molecular flexibility index (Phi) is 6.06. The van der Waals surface area contributed by atoms with Gasteiger partial charge in [0.25, 0.3) is 0 Å². The number of carbonyl (C=O) groups is 1. The molecule has 0 atom stereocenters. The van der Waals surface area contributed by atoms with Gasteiger partial charge in [0.2, 0.25) is 5.91 Å². The summed E-state index contributed by atoms with van der Waals surface area (Å²) < 4.78 is 0. The van der Waals surface area contributed by atoms with Crippen molar-refractivity contribution in [2.24, 2.45) is 5.73 Å². The first-order chi connectivity index (χ1) is 5.79. The van der Waals surface area contributed by atoms with E-state index in [1.54, 1.807) is 0 Å². The largest absolute Gasteiger partial charge is 0.370 e. The molecule has 3 N–H and O–H groups in total. The molecule has 4 heteroatoms. The maximum Gasteiger partial charge on any atom is 0.217 e. The molecule has 0 bridgehead atoms. The number of carbonyl (C=O) groups excluding carboxylic acids is 1. The van der Waals surface area contributed by atoms with Gasteiger partial charge in [-0.15, -0.1) is 12.4 Å². The molecule has 0 fully saturated rings. The number of aromatic nitrogens is 1. The fraction of sp³-hybridized carbons (Fsp3) is 0.444. The van der Waals surface area contributed by atoms with Crippen LogP contribution < -0.4 is 5.73 Å². The molecule has 3 nitrogen and oxygen atoms in total. The van der Waals surface area contributed by atoms with Gasteiger partial charge in [-0.2, -0.15) is 0 Å². The standard InChI is InChI=1S/C9H14N2O.ClH/c10-9(12)4-2-1-3-8-5-6-11-7-8;/h5-7,11H,1-4H2,(H2,10,12);1H. The van der Waals surface area contributed by atoms with Gasteiger partial charge in [0.05, 0.1) is 0 Å². The van der Waals surface area contributed by atoms with E-state index in [1.807, 2.05) is 18.5 Å². The zero-order chi connectivity index (χ0) is 8.81. The SMILES string of the molecule is Cl.NC(=O)CCCCc1cc[nH]c1. The second kappa shape index (κ2) is 6.54. The van der Waals surface area contributed by atoms with Crippen LogP contribution in [0.25, 0.3) is 0 Å². The highest BCUT2D eigenvalue weighted by molar-refractivity contribution is 5.85. The number of rotatable bonds is 5. The predicted octanol–water partition coefficient (Wildman–Crippen LogP) is 1.63. The average molecular weight is 203 g/mol. The van der Waals surface area contributed by atoms with Crippen molar-refractivity contribution >= 4 is 18.3 Å². The molecule has 1 aromatic heterocycles. The van der Waals surface area contributed by atoms with Crippen molar-refractivity contribution < 1.29 is 4.79 Å². The van der Waals surface area contributed by atoms with Crippen LogP contribution in [0.4, 0.5) is 0 Å². The normalized spacial score (nSPS) is 9.23.